The number of carbonyl (C=O) groups excluding carboxylic acids is 1. The summed E-state index contributed by atoms with van der Waals surface area (Å²) in [5, 5.41) is 9.64. The molecule has 0 unspecified atom stereocenters. The highest BCUT2D eigenvalue weighted by Crippen LogP contribution is 2.30. The summed E-state index contributed by atoms with van der Waals surface area (Å²) in [5.74, 6) is -0.148. The van der Waals surface area contributed by atoms with Gasteiger partial charge < -0.3 is 5.32 Å². The van der Waals surface area contributed by atoms with E-state index in [9.17, 15) is 4.79 Å². The number of hydrogen-bond donors (Lipinski definition) is 1. The summed E-state index contributed by atoms with van der Waals surface area (Å²) in [6.45, 7) is 0. The first kappa shape index (κ1) is 15.1. The van der Waals surface area contributed by atoms with Crippen molar-refractivity contribution in [2.45, 2.75) is 0 Å². The molecule has 0 fully saturated rings. The zero-order valence-corrected chi connectivity index (χ0v) is 13.8. The van der Waals surface area contributed by atoms with Gasteiger partial charge in [0.15, 0.2) is 0 Å². The van der Waals surface area contributed by atoms with Crippen LogP contribution in [-0.2, 0) is 0 Å². The Kier molecular flexibility index (Phi) is 3.78. The SMILES string of the molecule is CNC(=O)c1cn(-c2ccccc2)nc1-c1cccc2ccccc12. The number of fused-ring (bicyclic) bond motifs is 1. The number of nitrogens with zero attached hydrogens (tertiary/aromatic N) is 2. The maximum absolute atomic E-state index is 12.4. The highest BCUT2D eigenvalue weighted by atomic mass is 16.1. The highest BCUT2D eigenvalue weighted by Gasteiger charge is 2.19. The Morgan fingerprint density at radius 3 is 2.44 bits per heavy atom. The van der Waals surface area contributed by atoms with Gasteiger partial charge in [-0.05, 0) is 22.9 Å². The van der Waals surface area contributed by atoms with Gasteiger partial charge in [-0.1, -0.05) is 60.7 Å². The molecule has 1 aromatic heterocycles. The molecule has 4 nitrogen and oxygen atoms in total. The van der Waals surface area contributed by atoms with E-state index in [1.807, 2.05) is 54.6 Å². The zero-order chi connectivity index (χ0) is 17.2. The minimum absolute atomic E-state index is 0.148. The van der Waals surface area contributed by atoms with Crippen molar-refractivity contribution in [3.05, 3.63) is 84.6 Å². The first-order valence-electron chi connectivity index (χ1n) is 8.13. The van der Waals surface area contributed by atoms with Crippen molar-refractivity contribution in [2.24, 2.45) is 0 Å². The van der Waals surface area contributed by atoms with E-state index in [0.717, 1.165) is 22.0 Å². The molecular formula is C21H17N3O. The van der Waals surface area contributed by atoms with Crippen LogP contribution < -0.4 is 5.32 Å². The van der Waals surface area contributed by atoms with Crippen LogP contribution >= 0.6 is 0 Å². The largest absolute Gasteiger partial charge is 0.355 e. The van der Waals surface area contributed by atoms with Crippen LogP contribution in [0.25, 0.3) is 27.7 Å². The maximum atomic E-state index is 12.4. The molecule has 0 bridgehead atoms. The molecule has 4 rings (SSSR count). The number of carbonyl (C=O) groups is 1. The fourth-order valence-electron chi connectivity index (χ4n) is 3.02. The Hall–Kier alpha value is -3.40. The van der Waals surface area contributed by atoms with Crippen LogP contribution in [0.3, 0.4) is 0 Å². The minimum atomic E-state index is -0.148. The Morgan fingerprint density at radius 1 is 0.920 bits per heavy atom. The van der Waals surface area contributed by atoms with Crippen LogP contribution in [0.2, 0.25) is 0 Å². The van der Waals surface area contributed by atoms with Crippen LogP contribution in [0.1, 0.15) is 10.4 Å². The molecule has 1 amide bonds. The molecule has 0 saturated carbocycles. The quantitative estimate of drug-likeness (QED) is 0.617. The summed E-state index contributed by atoms with van der Waals surface area (Å²) in [6.07, 6.45) is 1.78. The molecule has 3 aromatic carbocycles. The maximum Gasteiger partial charge on any atom is 0.254 e. The Balaban J connectivity index is 1.97. The summed E-state index contributed by atoms with van der Waals surface area (Å²) >= 11 is 0. The van der Waals surface area contributed by atoms with Crippen molar-refractivity contribution in [3.8, 4) is 16.9 Å². The smallest absolute Gasteiger partial charge is 0.254 e. The highest BCUT2D eigenvalue weighted by molar-refractivity contribution is 6.04. The standard InChI is InChI=1S/C21H17N3O/c1-22-21(25)19-14-24(16-10-3-2-4-11-16)23-20(19)18-13-7-9-15-8-5-6-12-17(15)18/h2-14H,1H3,(H,22,25). The van der Waals surface area contributed by atoms with E-state index < -0.39 is 0 Å². The van der Waals surface area contributed by atoms with Gasteiger partial charge in [-0.15, -0.1) is 0 Å². The number of amides is 1. The van der Waals surface area contributed by atoms with Crippen molar-refractivity contribution in [1.29, 1.82) is 0 Å². The number of hydrogen-bond acceptors (Lipinski definition) is 2. The zero-order valence-electron chi connectivity index (χ0n) is 13.8. The average molecular weight is 327 g/mol. The number of para-hydroxylation sites is 1. The van der Waals surface area contributed by atoms with E-state index in [4.69, 9.17) is 5.10 Å². The summed E-state index contributed by atoms with van der Waals surface area (Å²) < 4.78 is 1.75. The van der Waals surface area contributed by atoms with Crippen molar-refractivity contribution < 1.29 is 4.79 Å². The second-order valence-corrected chi connectivity index (χ2v) is 5.78. The molecule has 25 heavy (non-hydrogen) atoms. The molecule has 0 atom stereocenters. The Bertz CT molecular complexity index is 1050. The van der Waals surface area contributed by atoms with E-state index >= 15 is 0 Å². The van der Waals surface area contributed by atoms with Crippen LogP contribution in [0, 0.1) is 0 Å². The molecule has 0 aliphatic carbocycles. The third kappa shape index (κ3) is 2.68. The topological polar surface area (TPSA) is 46.9 Å². The first-order chi connectivity index (χ1) is 12.3. The monoisotopic (exact) mass is 327 g/mol. The molecule has 1 heterocycles. The van der Waals surface area contributed by atoms with Gasteiger partial charge in [0, 0.05) is 18.8 Å². The first-order valence-corrected chi connectivity index (χ1v) is 8.13. The van der Waals surface area contributed by atoms with Crippen molar-refractivity contribution in [2.75, 3.05) is 7.05 Å². The van der Waals surface area contributed by atoms with Gasteiger partial charge in [-0.3, -0.25) is 4.79 Å². The van der Waals surface area contributed by atoms with Crippen molar-refractivity contribution in [3.63, 3.8) is 0 Å². The fourth-order valence-corrected chi connectivity index (χ4v) is 3.02. The molecule has 122 valence electrons. The van der Waals surface area contributed by atoms with Crippen LogP contribution in [0.5, 0.6) is 0 Å². The van der Waals surface area contributed by atoms with Crippen molar-refractivity contribution >= 4 is 16.7 Å². The van der Waals surface area contributed by atoms with Gasteiger partial charge >= 0.3 is 0 Å². The van der Waals surface area contributed by atoms with E-state index in [-0.39, 0.29) is 5.91 Å². The van der Waals surface area contributed by atoms with E-state index in [1.165, 1.54) is 0 Å². The summed E-state index contributed by atoms with van der Waals surface area (Å²) in [7, 11) is 1.63. The molecule has 1 N–H and O–H groups in total. The normalized spacial score (nSPS) is 10.8. The lowest BCUT2D eigenvalue weighted by Gasteiger charge is -2.06. The van der Waals surface area contributed by atoms with Gasteiger partial charge in [-0.2, -0.15) is 5.10 Å². The van der Waals surface area contributed by atoms with Crippen LogP contribution in [0.4, 0.5) is 0 Å². The van der Waals surface area contributed by atoms with Gasteiger partial charge in [0.25, 0.3) is 5.91 Å². The van der Waals surface area contributed by atoms with E-state index in [1.54, 1.807) is 17.9 Å². The summed E-state index contributed by atoms with van der Waals surface area (Å²) in [5.41, 5.74) is 3.10. The Labute approximate surface area is 145 Å². The van der Waals surface area contributed by atoms with Gasteiger partial charge in [-0.25, -0.2) is 4.68 Å². The second kappa shape index (κ2) is 6.24. The summed E-state index contributed by atoms with van der Waals surface area (Å²) in [4.78, 5) is 12.4. The third-order valence-corrected chi connectivity index (χ3v) is 4.25. The number of nitrogens with one attached hydrogen (secondary N) is 1. The molecule has 0 saturated heterocycles. The number of rotatable bonds is 3. The third-order valence-electron chi connectivity index (χ3n) is 4.25. The lowest BCUT2D eigenvalue weighted by atomic mass is 10.00. The minimum Gasteiger partial charge on any atom is -0.355 e. The van der Waals surface area contributed by atoms with Crippen LogP contribution in [-0.4, -0.2) is 22.7 Å². The van der Waals surface area contributed by atoms with E-state index in [2.05, 4.69) is 23.5 Å². The van der Waals surface area contributed by atoms with Gasteiger partial charge in [0.05, 0.1) is 11.3 Å². The molecule has 0 aliphatic heterocycles. The van der Waals surface area contributed by atoms with Crippen LogP contribution in [0.15, 0.2) is 79.0 Å². The molecule has 0 aliphatic rings. The van der Waals surface area contributed by atoms with Crippen molar-refractivity contribution in [1.82, 2.24) is 15.1 Å². The average Bonchev–Trinajstić information content (AvgIpc) is 3.13. The fraction of sp³-hybridized carbons (Fsp3) is 0.0476. The molecule has 0 spiro atoms. The lowest BCUT2D eigenvalue weighted by Crippen LogP contribution is -2.18. The predicted octanol–water partition coefficient (Wildman–Crippen LogP) is 4.05. The molecule has 4 heteroatoms. The Morgan fingerprint density at radius 2 is 1.64 bits per heavy atom. The predicted molar refractivity (Wildman–Crippen MR) is 99.9 cm³/mol. The molecule has 4 aromatic rings. The molecular weight excluding hydrogens is 310 g/mol. The summed E-state index contributed by atoms with van der Waals surface area (Å²) in [6, 6.07) is 24.0. The second-order valence-electron chi connectivity index (χ2n) is 5.78. The number of aromatic nitrogens is 2. The van der Waals surface area contributed by atoms with E-state index in [0.29, 0.717) is 11.3 Å². The molecule has 0 radical (unpaired) electrons. The van der Waals surface area contributed by atoms with Gasteiger partial charge in [0.2, 0.25) is 0 Å². The van der Waals surface area contributed by atoms with Gasteiger partial charge in [0.1, 0.15) is 5.69 Å². The number of benzene rings is 3. The lowest BCUT2D eigenvalue weighted by molar-refractivity contribution is 0.0963.